The zero-order valence-corrected chi connectivity index (χ0v) is 13.1. The summed E-state index contributed by atoms with van der Waals surface area (Å²) < 4.78 is 0. The Morgan fingerprint density at radius 2 is 2.10 bits per heavy atom. The van der Waals surface area contributed by atoms with Crippen LogP contribution >= 0.6 is 11.3 Å². The van der Waals surface area contributed by atoms with Gasteiger partial charge in [0, 0.05) is 23.2 Å². The molecule has 0 atom stereocenters. The Balaban J connectivity index is 1.78. The number of nitrogens with one attached hydrogen (secondary N) is 2. The average Bonchev–Trinajstić information content (AvgIpc) is 2.88. The highest BCUT2D eigenvalue weighted by molar-refractivity contribution is 7.15. The molecule has 1 aromatic heterocycles. The highest BCUT2D eigenvalue weighted by Crippen LogP contribution is 2.30. The summed E-state index contributed by atoms with van der Waals surface area (Å²) in [6.07, 6.45) is 4.57. The van der Waals surface area contributed by atoms with Crippen molar-refractivity contribution >= 4 is 28.1 Å². The van der Waals surface area contributed by atoms with E-state index in [1.165, 1.54) is 23.4 Å². The molecule has 1 amide bonds. The topological polar surface area (TPSA) is 54.0 Å². The fourth-order valence-electron chi connectivity index (χ4n) is 2.64. The molecule has 3 rings (SSSR count). The van der Waals surface area contributed by atoms with Crippen molar-refractivity contribution in [2.45, 2.75) is 32.6 Å². The highest BCUT2D eigenvalue weighted by Gasteiger charge is 2.17. The zero-order chi connectivity index (χ0) is 14.8. The molecule has 2 N–H and O–H groups in total. The van der Waals surface area contributed by atoms with Crippen molar-refractivity contribution in [1.29, 1.82) is 0 Å². The molecule has 0 aliphatic heterocycles. The minimum atomic E-state index is -0.0822. The van der Waals surface area contributed by atoms with Crippen LogP contribution in [-0.4, -0.2) is 17.9 Å². The number of amides is 1. The van der Waals surface area contributed by atoms with E-state index in [1.807, 2.05) is 32.2 Å². The van der Waals surface area contributed by atoms with E-state index in [1.54, 1.807) is 11.3 Å². The molecule has 0 fully saturated rings. The molecule has 110 valence electrons. The first kappa shape index (κ1) is 14.1. The number of fused-ring (bicyclic) bond motifs is 1. The largest absolute Gasteiger partial charge is 0.388 e. The maximum atomic E-state index is 12.4. The maximum Gasteiger partial charge on any atom is 0.257 e. The molecule has 0 bridgehead atoms. The summed E-state index contributed by atoms with van der Waals surface area (Å²) in [5.41, 5.74) is 3.83. The molecule has 0 saturated carbocycles. The molecular formula is C16H19N3OS. The molecule has 0 saturated heterocycles. The van der Waals surface area contributed by atoms with Gasteiger partial charge in [0.25, 0.3) is 5.91 Å². The van der Waals surface area contributed by atoms with Crippen molar-refractivity contribution in [3.8, 4) is 0 Å². The summed E-state index contributed by atoms with van der Waals surface area (Å²) in [5, 5.41) is 6.74. The summed E-state index contributed by atoms with van der Waals surface area (Å²) in [5.74, 6) is -0.0822. The summed E-state index contributed by atoms with van der Waals surface area (Å²) in [4.78, 5) is 18.3. The van der Waals surface area contributed by atoms with E-state index in [0.717, 1.165) is 29.2 Å². The van der Waals surface area contributed by atoms with Crippen molar-refractivity contribution < 1.29 is 4.79 Å². The second kappa shape index (κ2) is 5.85. The molecule has 21 heavy (non-hydrogen) atoms. The molecule has 0 spiro atoms. The van der Waals surface area contributed by atoms with Gasteiger partial charge in [0.2, 0.25) is 0 Å². The van der Waals surface area contributed by atoms with E-state index >= 15 is 0 Å². The van der Waals surface area contributed by atoms with E-state index in [9.17, 15) is 4.79 Å². The van der Waals surface area contributed by atoms with Crippen LogP contribution in [0.15, 0.2) is 18.2 Å². The van der Waals surface area contributed by atoms with Crippen molar-refractivity contribution in [1.82, 2.24) is 4.98 Å². The Kier molecular flexibility index (Phi) is 3.92. The van der Waals surface area contributed by atoms with Gasteiger partial charge in [-0.1, -0.05) is 0 Å². The first-order valence-electron chi connectivity index (χ1n) is 7.25. The molecule has 4 nitrogen and oxygen atoms in total. The lowest BCUT2D eigenvalue weighted by molar-refractivity contribution is 0.102. The van der Waals surface area contributed by atoms with Crippen molar-refractivity contribution in [2.75, 3.05) is 17.7 Å². The number of thiazole rings is 1. The van der Waals surface area contributed by atoms with Gasteiger partial charge in [-0.2, -0.15) is 0 Å². The number of aromatic nitrogens is 1. The zero-order valence-electron chi connectivity index (χ0n) is 12.3. The fourth-order valence-corrected chi connectivity index (χ4v) is 3.69. The van der Waals surface area contributed by atoms with Gasteiger partial charge < -0.3 is 5.32 Å². The predicted octanol–water partition coefficient (Wildman–Crippen LogP) is 3.62. The first-order valence-corrected chi connectivity index (χ1v) is 8.07. The van der Waals surface area contributed by atoms with Crippen LogP contribution < -0.4 is 10.6 Å². The Bertz CT molecular complexity index is 655. The van der Waals surface area contributed by atoms with Crippen molar-refractivity contribution in [3.05, 3.63) is 39.9 Å². The molecule has 0 unspecified atom stereocenters. The van der Waals surface area contributed by atoms with Crippen LogP contribution in [0.3, 0.4) is 0 Å². The number of benzene rings is 1. The monoisotopic (exact) mass is 301 g/mol. The Labute approximate surface area is 128 Å². The van der Waals surface area contributed by atoms with Crippen LogP contribution in [-0.2, 0) is 12.8 Å². The first-order chi connectivity index (χ1) is 10.2. The smallest absolute Gasteiger partial charge is 0.257 e. The summed E-state index contributed by atoms with van der Waals surface area (Å²) in [7, 11) is 1.87. The molecule has 1 aliphatic rings. The second-order valence-electron chi connectivity index (χ2n) is 5.33. The molecule has 2 aromatic rings. The number of carbonyl (C=O) groups is 1. The Hall–Kier alpha value is -1.88. The molecule has 0 radical (unpaired) electrons. The van der Waals surface area contributed by atoms with Crippen LogP contribution in [0.1, 0.15) is 39.3 Å². The van der Waals surface area contributed by atoms with E-state index in [-0.39, 0.29) is 5.91 Å². The van der Waals surface area contributed by atoms with Crippen molar-refractivity contribution in [3.63, 3.8) is 0 Å². The second-order valence-corrected chi connectivity index (χ2v) is 6.41. The molecular weight excluding hydrogens is 282 g/mol. The summed E-state index contributed by atoms with van der Waals surface area (Å²) in [6, 6.07) is 5.74. The lowest BCUT2D eigenvalue weighted by atomic mass is 10.0. The van der Waals surface area contributed by atoms with E-state index in [2.05, 4.69) is 15.6 Å². The van der Waals surface area contributed by atoms with Crippen LogP contribution in [0, 0.1) is 6.92 Å². The third-order valence-electron chi connectivity index (χ3n) is 3.83. The molecule has 1 aromatic carbocycles. The molecule has 5 heteroatoms. The van der Waals surface area contributed by atoms with Gasteiger partial charge in [0.05, 0.1) is 5.69 Å². The van der Waals surface area contributed by atoms with Crippen LogP contribution in [0.5, 0.6) is 0 Å². The van der Waals surface area contributed by atoms with Crippen LogP contribution in [0.2, 0.25) is 0 Å². The minimum Gasteiger partial charge on any atom is -0.388 e. The van der Waals surface area contributed by atoms with Crippen LogP contribution in [0.4, 0.5) is 10.8 Å². The number of aryl methyl sites for hydroxylation is 3. The van der Waals surface area contributed by atoms with Gasteiger partial charge in [-0.15, -0.1) is 11.3 Å². The van der Waals surface area contributed by atoms with Crippen LogP contribution in [0.25, 0.3) is 0 Å². The quantitative estimate of drug-likeness (QED) is 0.910. The number of carbonyl (C=O) groups excluding carboxylic acids is 1. The normalized spacial score (nSPS) is 13.6. The molecule has 1 heterocycles. The van der Waals surface area contributed by atoms with Gasteiger partial charge in [-0.05, 0) is 56.4 Å². The minimum absolute atomic E-state index is 0.0822. The number of hydrogen-bond donors (Lipinski definition) is 2. The average molecular weight is 301 g/mol. The predicted molar refractivity (Wildman–Crippen MR) is 87.4 cm³/mol. The lowest BCUT2D eigenvalue weighted by Crippen LogP contribution is -2.13. The van der Waals surface area contributed by atoms with E-state index in [4.69, 9.17) is 0 Å². The Morgan fingerprint density at radius 3 is 2.81 bits per heavy atom. The summed E-state index contributed by atoms with van der Waals surface area (Å²) >= 11 is 1.62. The van der Waals surface area contributed by atoms with Gasteiger partial charge in [-0.3, -0.25) is 10.1 Å². The number of rotatable bonds is 3. The summed E-state index contributed by atoms with van der Waals surface area (Å²) in [6.45, 7) is 1.95. The fraction of sp³-hybridized carbons (Fsp3) is 0.375. The highest BCUT2D eigenvalue weighted by atomic mass is 32.1. The van der Waals surface area contributed by atoms with Gasteiger partial charge in [-0.25, -0.2) is 4.98 Å². The lowest BCUT2D eigenvalue weighted by Gasteiger charge is -2.07. The maximum absolute atomic E-state index is 12.4. The number of hydrogen-bond acceptors (Lipinski definition) is 4. The van der Waals surface area contributed by atoms with E-state index in [0.29, 0.717) is 5.56 Å². The van der Waals surface area contributed by atoms with E-state index < -0.39 is 0 Å². The third kappa shape index (κ3) is 2.93. The third-order valence-corrected chi connectivity index (χ3v) is 4.90. The van der Waals surface area contributed by atoms with Gasteiger partial charge in [0.1, 0.15) is 0 Å². The number of anilines is 2. The Morgan fingerprint density at radius 1 is 1.29 bits per heavy atom. The van der Waals surface area contributed by atoms with Gasteiger partial charge >= 0.3 is 0 Å². The van der Waals surface area contributed by atoms with Gasteiger partial charge in [0.15, 0.2) is 5.13 Å². The molecule has 1 aliphatic carbocycles. The SMILES string of the molecule is CNc1ccc(C(=O)Nc2nc3c(s2)CCCC3)c(C)c1. The standard InChI is InChI=1S/C16H19N3OS/c1-10-9-11(17-2)7-8-12(10)15(20)19-16-18-13-5-3-4-6-14(13)21-16/h7-9,17H,3-6H2,1-2H3,(H,18,19,20). The number of nitrogens with zero attached hydrogens (tertiary/aromatic N) is 1. The van der Waals surface area contributed by atoms with Crippen molar-refractivity contribution in [2.24, 2.45) is 0 Å².